The Morgan fingerprint density at radius 1 is 0.980 bits per heavy atom. The zero-order valence-electron chi connectivity index (χ0n) is 30.2. The molecule has 1 heterocycles. The molecule has 3 aliphatic carbocycles. The van der Waals surface area contributed by atoms with Crippen LogP contribution in [-0.2, 0) is 37.8 Å². The minimum atomic E-state index is -2.48. The third-order valence-electron chi connectivity index (χ3n) is 12.5. The van der Waals surface area contributed by atoms with E-state index in [1.54, 1.807) is 58.0 Å². The Bertz CT molecular complexity index is 1510. The number of ether oxygens (including phenoxy) is 4. The van der Waals surface area contributed by atoms with E-state index >= 15 is 4.79 Å². The molecule has 1 saturated heterocycles. The van der Waals surface area contributed by atoms with Crippen molar-refractivity contribution in [2.45, 2.75) is 135 Å². The van der Waals surface area contributed by atoms with Gasteiger partial charge in [-0.05, 0) is 42.8 Å². The lowest BCUT2D eigenvalue weighted by atomic mass is 9.44. The van der Waals surface area contributed by atoms with Gasteiger partial charge in [0.05, 0.1) is 30.3 Å². The van der Waals surface area contributed by atoms with Gasteiger partial charge < -0.3 is 33.6 Å². The van der Waals surface area contributed by atoms with Crippen LogP contribution >= 0.6 is 0 Å². The van der Waals surface area contributed by atoms with E-state index in [0.717, 1.165) is 18.1 Å². The molecule has 49 heavy (non-hydrogen) atoms. The van der Waals surface area contributed by atoms with Crippen molar-refractivity contribution >= 4 is 32.0 Å². The smallest absolute Gasteiger partial charge is 0.338 e. The zero-order chi connectivity index (χ0) is 36.3. The second kappa shape index (κ2) is 13.0. The Hall–Kier alpha value is -2.90. The Morgan fingerprint density at radius 2 is 1.59 bits per heavy atom. The maximum atomic E-state index is 15.2. The molecule has 11 nitrogen and oxygen atoms in total. The lowest BCUT2D eigenvalue weighted by Crippen LogP contribution is -2.82. The Balaban J connectivity index is 1.90. The van der Waals surface area contributed by atoms with E-state index in [-0.39, 0.29) is 30.6 Å². The molecule has 0 radical (unpaired) electrons. The van der Waals surface area contributed by atoms with Gasteiger partial charge in [-0.25, -0.2) is 4.79 Å². The zero-order valence-corrected chi connectivity index (χ0v) is 31.2. The minimum Gasteiger partial charge on any atom is -0.455 e. The SMILES string of the molecule is CC[Si](CC)(CC)O[C@H]1C[C@H]2OC[C@@]2(OC(C)=O)C2[C@H](OC(=O)c3ccccc3)[C@]3(O)C[C@H](O)C(C)=C(C(=O)[C@@H](OC(C)=O)[C@@]21C)C3(C)C. The first kappa shape index (κ1) is 37.4. The van der Waals surface area contributed by atoms with E-state index in [4.69, 9.17) is 23.4 Å². The number of rotatable bonds is 9. The topological polar surface area (TPSA) is 155 Å². The van der Waals surface area contributed by atoms with Gasteiger partial charge in [0.25, 0.3) is 0 Å². The molecule has 5 rings (SSSR count). The van der Waals surface area contributed by atoms with Crippen LogP contribution in [0.25, 0.3) is 0 Å². The standard InChI is InChI=1S/C37H52O11Si/c1-10-49(11-2,12-3)48-26-18-27-36(20-44-27,47-23(6)39)30-32(46-33(42)24-16-14-13-15-17-24)37(43)19-25(40)21(4)28(34(37,7)8)29(41)31(35(26,30)9)45-22(5)38/h13-17,25-27,30-32,40,43H,10-12,18-20H2,1-9H3/t25-,26-,27+,30?,31+,32-,35+,36-,37+/m0/s1. The summed E-state index contributed by atoms with van der Waals surface area (Å²) in [7, 11) is -2.48. The summed E-state index contributed by atoms with van der Waals surface area (Å²) in [6.45, 7) is 15.3. The lowest BCUT2D eigenvalue weighted by Gasteiger charge is -2.69. The van der Waals surface area contributed by atoms with Gasteiger partial charge in [0.1, 0.15) is 17.8 Å². The van der Waals surface area contributed by atoms with Crippen molar-refractivity contribution in [1.29, 1.82) is 0 Å². The van der Waals surface area contributed by atoms with E-state index < -0.39 is 90.5 Å². The monoisotopic (exact) mass is 700 g/mol. The number of carbonyl (C=O) groups excluding carboxylic acids is 4. The van der Waals surface area contributed by atoms with Crippen LogP contribution in [0.15, 0.2) is 41.5 Å². The van der Waals surface area contributed by atoms with E-state index in [9.17, 15) is 24.6 Å². The fourth-order valence-electron chi connectivity index (χ4n) is 9.43. The van der Waals surface area contributed by atoms with Crippen molar-refractivity contribution in [2.75, 3.05) is 6.61 Å². The van der Waals surface area contributed by atoms with Gasteiger partial charge in [-0.1, -0.05) is 59.7 Å². The van der Waals surface area contributed by atoms with Crippen molar-refractivity contribution in [1.82, 2.24) is 0 Å². The number of ketones is 1. The number of hydrogen-bond donors (Lipinski definition) is 2. The van der Waals surface area contributed by atoms with Gasteiger partial charge in [-0.2, -0.15) is 0 Å². The molecule has 0 aromatic heterocycles. The minimum absolute atomic E-state index is 0.0951. The van der Waals surface area contributed by atoms with Crippen LogP contribution in [0.4, 0.5) is 0 Å². The Morgan fingerprint density at radius 3 is 2.10 bits per heavy atom. The van der Waals surface area contributed by atoms with Gasteiger partial charge in [-0.15, -0.1) is 0 Å². The maximum Gasteiger partial charge on any atom is 0.338 e. The van der Waals surface area contributed by atoms with E-state index in [2.05, 4.69) is 20.8 Å². The molecule has 0 spiro atoms. The van der Waals surface area contributed by atoms with Crippen LogP contribution < -0.4 is 0 Å². The number of benzene rings is 1. The fraction of sp³-hybridized carbons (Fsp3) is 0.676. The molecule has 2 N–H and O–H groups in total. The highest BCUT2D eigenvalue weighted by Gasteiger charge is 2.79. The number of esters is 3. The maximum absolute atomic E-state index is 15.2. The Kier molecular flexibility index (Phi) is 9.92. The van der Waals surface area contributed by atoms with Gasteiger partial charge in [0.2, 0.25) is 5.78 Å². The van der Waals surface area contributed by atoms with Crippen LogP contribution in [0.2, 0.25) is 18.1 Å². The molecule has 9 atom stereocenters. The summed E-state index contributed by atoms with van der Waals surface area (Å²) in [6.07, 6.45) is -5.98. The van der Waals surface area contributed by atoms with E-state index in [1.165, 1.54) is 13.8 Å². The van der Waals surface area contributed by atoms with Gasteiger partial charge >= 0.3 is 17.9 Å². The number of Topliss-reactive ketones (excluding diaryl/α,β-unsaturated/α-hetero) is 1. The average molecular weight is 701 g/mol. The lowest BCUT2D eigenvalue weighted by molar-refractivity contribution is -0.356. The van der Waals surface area contributed by atoms with Gasteiger partial charge in [0.15, 0.2) is 20.0 Å². The summed E-state index contributed by atoms with van der Waals surface area (Å²) in [4.78, 5) is 55.3. The highest BCUT2D eigenvalue weighted by Crippen LogP contribution is 2.65. The molecular formula is C37H52O11Si. The number of carbonyl (C=O) groups is 4. The summed E-state index contributed by atoms with van der Waals surface area (Å²) in [5, 5.41) is 24.7. The number of fused-ring (bicyclic) bond motifs is 5. The second-order valence-corrected chi connectivity index (χ2v) is 19.9. The summed E-state index contributed by atoms with van der Waals surface area (Å²) in [6, 6.07) is 10.6. The molecule has 3 fully saturated rings. The predicted octanol–water partition coefficient (Wildman–Crippen LogP) is 4.68. The molecule has 4 aliphatic rings. The predicted molar refractivity (Wildman–Crippen MR) is 181 cm³/mol. The molecule has 2 saturated carbocycles. The third-order valence-corrected chi connectivity index (χ3v) is 17.1. The quantitative estimate of drug-likeness (QED) is 0.210. The van der Waals surface area contributed by atoms with Crippen LogP contribution in [0.5, 0.6) is 0 Å². The van der Waals surface area contributed by atoms with Crippen molar-refractivity contribution < 1.29 is 52.8 Å². The molecule has 1 aromatic rings. The molecule has 2 bridgehead atoms. The number of aliphatic hydroxyl groups is 2. The van der Waals surface area contributed by atoms with Crippen molar-refractivity contribution in [3.63, 3.8) is 0 Å². The third kappa shape index (κ3) is 5.62. The largest absolute Gasteiger partial charge is 0.455 e. The fourth-order valence-corrected chi connectivity index (χ4v) is 12.4. The van der Waals surface area contributed by atoms with Crippen molar-refractivity contribution in [3.8, 4) is 0 Å². The van der Waals surface area contributed by atoms with Crippen molar-refractivity contribution in [2.24, 2.45) is 16.7 Å². The van der Waals surface area contributed by atoms with Crippen LogP contribution in [0.3, 0.4) is 0 Å². The molecule has 1 aliphatic heterocycles. The first-order chi connectivity index (χ1) is 22.9. The van der Waals surface area contributed by atoms with Crippen LogP contribution in [0, 0.1) is 16.7 Å². The van der Waals surface area contributed by atoms with Crippen molar-refractivity contribution in [3.05, 3.63) is 47.0 Å². The molecule has 12 heteroatoms. The number of hydrogen-bond acceptors (Lipinski definition) is 11. The highest BCUT2D eigenvalue weighted by atomic mass is 28.4. The van der Waals surface area contributed by atoms with Gasteiger partial charge in [0, 0.05) is 43.1 Å². The van der Waals surface area contributed by atoms with E-state index in [0.29, 0.717) is 5.57 Å². The summed E-state index contributed by atoms with van der Waals surface area (Å²) < 4.78 is 32.2. The molecule has 270 valence electrons. The second-order valence-electron chi connectivity index (χ2n) is 15.2. The molecular weight excluding hydrogens is 648 g/mol. The summed E-state index contributed by atoms with van der Waals surface area (Å²) in [5.74, 6) is -3.90. The normalized spacial score (nSPS) is 36.7. The molecule has 0 amide bonds. The van der Waals surface area contributed by atoms with Crippen LogP contribution in [-0.4, -0.2) is 90.6 Å². The molecule has 1 aromatic carbocycles. The van der Waals surface area contributed by atoms with E-state index in [1.807, 2.05) is 0 Å². The van der Waals surface area contributed by atoms with Gasteiger partial charge in [-0.3, -0.25) is 14.4 Å². The first-order valence-electron chi connectivity index (χ1n) is 17.5. The Labute approximate surface area is 289 Å². The van der Waals surface area contributed by atoms with Crippen LogP contribution in [0.1, 0.15) is 85.5 Å². The first-order valence-corrected chi connectivity index (χ1v) is 20.0. The number of aliphatic hydroxyl groups excluding tert-OH is 1. The highest BCUT2D eigenvalue weighted by molar-refractivity contribution is 6.73. The summed E-state index contributed by atoms with van der Waals surface area (Å²) in [5.41, 5.74) is -5.94. The average Bonchev–Trinajstić information content (AvgIpc) is 3.04. The molecule has 1 unspecified atom stereocenters. The summed E-state index contributed by atoms with van der Waals surface area (Å²) >= 11 is 0.